The van der Waals surface area contributed by atoms with Crippen LogP contribution < -0.4 is 10.1 Å². The van der Waals surface area contributed by atoms with E-state index in [4.69, 9.17) is 4.74 Å². The molecule has 0 radical (unpaired) electrons. The van der Waals surface area contributed by atoms with E-state index < -0.39 is 6.09 Å². The summed E-state index contributed by atoms with van der Waals surface area (Å²) < 4.78 is 5.29. The van der Waals surface area contributed by atoms with Gasteiger partial charge in [-0.3, -0.25) is 4.79 Å². The van der Waals surface area contributed by atoms with E-state index in [0.717, 1.165) is 0 Å². The molecule has 1 aromatic carbocycles. The Bertz CT molecular complexity index is 569. The molecule has 0 aliphatic heterocycles. The van der Waals surface area contributed by atoms with Crippen molar-refractivity contribution in [3.8, 4) is 5.75 Å². The highest BCUT2D eigenvalue weighted by Crippen LogP contribution is 2.18. The fourth-order valence-electron chi connectivity index (χ4n) is 1.67. The Labute approximate surface area is 130 Å². The number of benzene rings is 1. The monoisotopic (exact) mass is 300 g/mol. The molecule has 0 aliphatic carbocycles. The van der Waals surface area contributed by atoms with E-state index in [-0.39, 0.29) is 5.91 Å². The van der Waals surface area contributed by atoms with E-state index >= 15 is 0 Å². The molecule has 0 heterocycles. The van der Waals surface area contributed by atoms with E-state index in [1.165, 1.54) is 11.0 Å². The van der Waals surface area contributed by atoms with Gasteiger partial charge in [0, 0.05) is 24.8 Å². The van der Waals surface area contributed by atoms with Crippen LogP contribution in [0.1, 0.15) is 6.92 Å². The number of carbonyl (C=O) groups is 2. The number of hydrogen-bond acceptors (Lipinski definition) is 3. The van der Waals surface area contributed by atoms with Gasteiger partial charge in [-0.05, 0) is 25.1 Å². The smallest absolute Gasteiger partial charge is 0.410 e. The molecular weight excluding hydrogens is 280 g/mol. The van der Waals surface area contributed by atoms with Crippen LogP contribution in [-0.4, -0.2) is 30.0 Å². The van der Waals surface area contributed by atoms with Crippen LogP contribution in [0.3, 0.4) is 0 Å². The quantitative estimate of drug-likeness (QED) is 0.620. The number of carbonyl (C=O) groups excluding carboxylic acids is 2. The number of nitrogens with zero attached hydrogens (tertiary/aromatic N) is 1. The predicted octanol–water partition coefficient (Wildman–Crippen LogP) is 3.37. The molecule has 116 valence electrons. The molecule has 1 N–H and O–H groups in total. The standard InChI is InChI=1S/C17H20N2O3/c1-4-8-16(20)18-14-9-7-10-15(13-14)22-17(21)19(11-5-2)12-6-3/h4-10,13H,2-3,11-12H2,1H3,(H,18,20)/b8-4+. The third-order valence-electron chi connectivity index (χ3n) is 2.58. The van der Waals surface area contributed by atoms with Crippen molar-refractivity contribution in [3.05, 3.63) is 61.7 Å². The molecule has 0 bridgehead atoms. The molecule has 0 saturated carbocycles. The first-order valence-electron chi connectivity index (χ1n) is 6.83. The number of allylic oxidation sites excluding steroid dienone is 1. The van der Waals surface area contributed by atoms with Gasteiger partial charge in [0.1, 0.15) is 5.75 Å². The van der Waals surface area contributed by atoms with Gasteiger partial charge in [0.25, 0.3) is 0 Å². The average Bonchev–Trinajstić information content (AvgIpc) is 2.47. The molecule has 0 fully saturated rings. The summed E-state index contributed by atoms with van der Waals surface area (Å²) in [5.74, 6) is 0.104. The van der Waals surface area contributed by atoms with Crippen LogP contribution in [-0.2, 0) is 4.79 Å². The molecule has 0 unspecified atom stereocenters. The van der Waals surface area contributed by atoms with E-state index in [1.807, 2.05) is 0 Å². The summed E-state index contributed by atoms with van der Waals surface area (Å²) in [6.07, 6.45) is 5.77. The number of amides is 2. The summed E-state index contributed by atoms with van der Waals surface area (Å²) in [6.45, 7) is 9.68. The maximum Gasteiger partial charge on any atom is 0.415 e. The van der Waals surface area contributed by atoms with Gasteiger partial charge in [-0.1, -0.05) is 24.3 Å². The summed E-state index contributed by atoms with van der Waals surface area (Å²) in [5, 5.41) is 2.67. The maximum absolute atomic E-state index is 12.0. The molecule has 0 spiro atoms. The van der Waals surface area contributed by atoms with Gasteiger partial charge in [0.05, 0.1) is 0 Å². The zero-order valence-corrected chi connectivity index (χ0v) is 12.6. The maximum atomic E-state index is 12.0. The Kier molecular flexibility index (Phi) is 7.19. The van der Waals surface area contributed by atoms with E-state index in [1.54, 1.807) is 49.4 Å². The van der Waals surface area contributed by atoms with Crippen molar-refractivity contribution in [1.82, 2.24) is 4.90 Å². The normalized spacial score (nSPS) is 10.0. The van der Waals surface area contributed by atoms with Crippen molar-refractivity contribution in [2.75, 3.05) is 18.4 Å². The van der Waals surface area contributed by atoms with Gasteiger partial charge < -0.3 is 15.0 Å². The number of ether oxygens (including phenoxy) is 1. The largest absolute Gasteiger partial charge is 0.415 e. The molecule has 22 heavy (non-hydrogen) atoms. The van der Waals surface area contributed by atoms with Gasteiger partial charge in [-0.15, -0.1) is 13.2 Å². The summed E-state index contributed by atoms with van der Waals surface area (Å²) in [7, 11) is 0. The van der Waals surface area contributed by atoms with Crippen LogP contribution in [0.4, 0.5) is 10.5 Å². The lowest BCUT2D eigenvalue weighted by molar-refractivity contribution is -0.111. The van der Waals surface area contributed by atoms with Crippen LogP contribution in [0.15, 0.2) is 61.7 Å². The van der Waals surface area contributed by atoms with Crippen LogP contribution in [0.25, 0.3) is 0 Å². The Morgan fingerprint density at radius 2 is 1.95 bits per heavy atom. The first-order valence-corrected chi connectivity index (χ1v) is 6.83. The van der Waals surface area contributed by atoms with E-state index in [9.17, 15) is 9.59 Å². The lowest BCUT2D eigenvalue weighted by Gasteiger charge is -2.18. The van der Waals surface area contributed by atoms with Gasteiger partial charge in [-0.25, -0.2) is 4.79 Å². The third-order valence-corrected chi connectivity index (χ3v) is 2.58. The van der Waals surface area contributed by atoms with Gasteiger partial charge in [0.15, 0.2) is 0 Å². The Hall–Kier alpha value is -2.82. The molecule has 0 atom stereocenters. The highest BCUT2D eigenvalue weighted by atomic mass is 16.6. The van der Waals surface area contributed by atoms with Crippen molar-refractivity contribution < 1.29 is 14.3 Å². The van der Waals surface area contributed by atoms with Crippen molar-refractivity contribution >= 4 is 17.7 Å². The first-order chi connectivity index (χ1) is 10.6. The summed E-state index contributed by atoms with van der Waals surface area (Å²) in [5.41, 5.74) is 0.549. The fraction of sp³-hybridized carbons (Fsp3) is 0.176. The lowest BCUT2D eigenvalue weighted by atomic mass is 10.3. The second kappa shape index (κ2) is 9.18. The Morgan fingerprint density at radius 3 is 2.55 bits per heavy atom. The molecule has 1 rings (SSSR count). The van der Waals surface area contributed by atoms with Crippen LogP contribution in [0, 0.1) is 0 Å². The highest BCUT2D eigenvalue weighted by molar-refractivity contribution is 5.99. The molecule has 5 nitrogen and oxygen atoms in total. The Morgan fingerprint density at radius 1 is 1.27 bits per heavy atom. The van der Waals surface area contributed by atoms with Crippen LogP contribution in [0.5, 0.6) is 5.75 Å². The molecule has 0 aromatic heterocycles. The molecule has 1 aromatic rings. The minimum absolute atomic E-state index is 0.245. The van der Waals surface area contributed by atoms with Crippen molar-refractivity contribution in [2.45, 2.75) is 6.92 Å². The molecule has 5 heteroatoms. The topological polar surface area (TPSA) is 58.6 Å². The summed E-state index contributed by atoms with van der Waals surface area (Å²) >= 11 is 0. The second-order valence-electron chi connectivity index (χ2n) is 4.37. The average molecular weight is 300 g/mol. The minimum atomic E-state index is -0.503. The SMILES string of the molecule is C=CCN(CC=C)C(=O)Oc1cccc(NC(=O)/C=C/C)c1. The van der Waals surface area contributed by atoms with Gasteiger partial charge >= 0.3 is 6.09 Å². The fourth-order valence-corrected chi connectivity index (χ4v) is 1.67. The number of rotatable bonds is 7. The van der Waals surface area contributed by atoms with Gasteiger partial charge in [0.2, 0.25) is 5.91 Å². The number of hydrogen-bond donors (Lipinski definition) is 1. The molecule has 2 amide bonds. The summed E-state index contributed by atoms with van der Waals surface area (Å²) in [6, 6.07) is 6.63. The molecular formula is C17H20N2O3. The Balaban J connectivity index is 2.76. The van der Waals surface area contributed by atoms with E-state index in [2.05, 4.69) is 18.5 Å². The second-order valence-corrected chi connectivity index (χ2v) is 4.37. The first kappa shape index (κ1) is 17.2. The molecule has 0 aliphatic rings. The number of anilines is 1. The molecule has 0 saturated heterocycles. The lowest BCUT2D eigenvalue weighted by Crippen LogP contribution is -2.33. The van der Waals surface area contributed by atoms with Crippen LogP contribution >= 0.6 is 0 Å². The number of nitrogens with one attached hydrogen (secondary N) is 1. The zero-order chi connectivity index (χ0) is 16.4. The van der Waals surface area contributed by atoms with E-state index in [0.29, 0.717) is 24.5 Å². The zero-order valence-electron chi connectivity index (χ0n) is 12.6. The van der Waals surface area contributed by atoms with Gasteiger partial charge in [-0.2, -0.15) is 0 Å². The van der Waals surface area contributed by atoms with Crippen molar-refractivity contribution in [2.24, 2.45) is 0 Å². The van der Waals surface area contributed by atoms with Crippen molar-refractivity contribution in [1.29, 1.82) is 0 Å². The van der Waals surface area contributed by atoms with Crippen LogP contribution in [0.2, 0.25) is 0 Å². The summed E-state index contributed by atoms with van der Waals surface area (Å²) in [4.78, 5) is 25.0. The highest BCUT2D eigenvalue weighted by Gasteiger charge is 2.13. The minimum Gasteiger partial charge on any atom is -0.410 e. The van der Waals surface area contributed by atoms with Crippen molar-refractivity contribution in [3.63, 3.8) is 0 Å². The predicted molar refractivity (Wildman–Crippen MR) is 87.9 cm³/mol. The third kappa shape index (κ3) is 5.66.